The Morgan fingerprint density at radius 1 is 1.28 bits per heavy atom. The minimum absolute atomic E-state index is 0.0731. The Kier molecular flexibility index (Phi) is 5.78. The van der Waals surface area contributed by atoms with Crippen LogP contribution in [0.15, 0.2) is 18.5 Å². The maximum absolute atomic E-state index is 12.6. The lowest BCUT2D eigenvalue weighted by Crippen LogP contribution is -2.45. The van der Waals surface area contributed by atoms with Crippen LogP contribution < -0.4 is 0 Å². The van der Waals surface area contributed by atoms with E-state index in [-0.39, 0.29) is 17.9 Å². The standard InChI is InChI=1S/C17H28N4O3S/c1-19(8-3-10-21-9-2-7-18-21)17(22)15-4-11-20(12-5-15)16-6-13-25(23,24)14-16/h2,7,9,15-16H,3-6,8,10-14H2,1H3. The summed E-state index contributed by atoms with van der Waals surface area (Å²) in [6.45, 7) is 3.22. The number of rotatable bonds is 6. The number of likely N-dealkylation sites (tertiary alicyclic amines) is 1. The molecule has 1 aromatic rings. The van der Waals surface area contributed by atoms with Crippen LogP contribution in [0.5, 0.6) is 0 Å². The maximum atomic E-state index is 12.6. The maximum Gasteiger partial charge on any atom is 0.225 e. The highest BCUT2D eigenvalue weighted by Crippen LogP contribution is 2.25. The Bertz CT molecular complexity index is 666. The van der Waals surface area contributed by atoms with Crippen LogP contribution in [0.4, 0.5) is 0 Å². The number of carbonyl (C=O) groups is 1. The Labute approximate surface area is 149 Å². The van der Waals surface area contributed by atoms with Gasteiger partial charge in [-0.25, -0.2) is 8.42 Å². The van der Waals surface area contributed by atoms with E-state index < -0.39 is 9.84 Å². The molecule has 0 bridgehead atoms. The van der Waals surface area contributed by atoms with Gasteiger partial charge in [0.25, 0.3) is 0 Å². The van der Waals surface area contributed by atoms with Crippen LogP contribution in [0.3, 0.4) is 0 Å². The molecule has 2 fully saturated rings. The molecule has 3 heterocycles. The van der Waals surface area contributed by atoms with Crippen LogP contribution in [0.1, 0.15) is 25.7 Å². The van der Waals surface area contributed by atoms with Crippen LogP contribution >= 0.6 is 0 Å². The smallest absolute Gasteiger partial charge is 0.225 e. The second-order valence-corrected chi connectivity index (χ2v) is 9.48. The van der Waals surface area contributed by atoms with Crippen LogP contribution in [0.2, 0.25) is 0 Å². The Balaban J connectivity index is 1.40. The van der Waals surface area contributed by atoms with Crippen molar-refractivity contribution in [3.05, 3.63) is 18.5 Å². The quantitative estimate of drug-likeness (QED) is 0.736. The van der Waals surface area contributed by atoms with Crippen LogP contribution in [0.25, 0.3) is 0 Å². The molecule has 1 aromatic heterocycles. The molecule has 2 saturated heterocycles. The number of piperidine rings is 1. The molecule has 25 heavy (non-hydrogen) atoms. The molecule has 0 radical (unpaired) electrons. The lowest BCUT2D eigenvalue weighted by atomic mass is 9.94. The molecule has 2 aliphatic rings. The number of aryl methyl sites for hydroxylation is 1. The lowest BCUT2D eigenvalue weighted by Gasteiger charge is -2.36. The number of carbonyl (C=O) groups excluding carboxylic acids is 1. The number of hydrogen-bond acceptors (Lipinski definition) is 5. The molecular formula is C17H28N4O3S. The molecule has 0 N–H and O–H groups in total. The summed E-state index contributed by atoms with van der Waals surface area (Å²) in [6.07, 6.45) is 6.99. The normalized spacial score (nSPS) is 24.4. The van der Waals surface area contributed by atoms with Crippen LogP contribution in [-0.2, 0) is 21.2 Å². The van der Waals surface area contributed by atoms with Crippen molar-refractivity contribution in [2.24, 2.45) is 5.92 Å². The zero-order valence-electron chi connectivity index (χ0n) is 14.9. The fourth-order valence-corrected chi connectivity index (χ4v) is 5.66. The summed E-state index contributed by atoms with van der Waals surface area (Å²) in [5.41, 5.74) is 0. The fraction of sp³-hybridized carbons (Fsp3) is 0.765. The molecular weight excluding hydrogens is 340 g/mol. The number of hydrogen-bond donors (Lipinski definition) is 0. The van der Waals surface area contributed by atoms with E-state index in [9.17, 15) is 13.2 Å². The largest absolute Gasteiger partial charge is 0.345 e. The van der Waals surface area contributed by atoms with Crippen molar-refractivity contribution in [3.63, 3.8) is 0 Å². The summed E-state index contributed by atoms with van der Waals surface area (Å²) in [6, 6.07) is 2.06. The molecule has 0 aromatic carbocycles. The van der Waals surface area contributed by atoms with E-state index in [1.165, 1.54) is 0 Å². The zero-order chi connectivity index (χ0) is 17.9. The zero-order valence-corrected chi connectivity index (χ0v) is 15.7. The topological polar surface area (TPSA) is 75.5 Å². The summed E-state index contributed by atoms with van der Waals surface area (Å²) in [4.78, 5) is 16.7. The van der Waals surface area contributed by atoms with E-state index >= 15 is 0 Å². The van der Waals surface area contributed by atoms with Crippen molar-refractivity contribution in [1.29, 1.82) is 0 Å². The summed E-state index contributed by atoms with van der Waals surface area (Å²) >= 11 is 0. The molecule has 1 unspecified atom stereocenters. The van der Waals surface area contributed by atoms with Gasteiger partial charge in [-0.3, -0.25) is 14.4 Å². The van der Waals surface area contributed by atoms with Gasteiger partial charge in [-0.1, -0.05) is 0 Å². The number of amides is 1. The molecule has 7 nitrogen and oxygen atoms in total. The third-order valence-corrected chi connectivity index (χ3v) is 7.17. The highest BCUT2D eigenvalue weighted by molar-refractivity contribution is 7.91. The van der Waals surface area contributed by atoms with Crippen molar-refractivity contribution in [3.8, 4) is 0 Å². The summed E-state index contributed by atoms with van der Waals surface area (Å²) in [5.74, 6) is 0.900. The first-order valence-electron chi connectivity index (χ1n) is 9.11. The predicted molar refractivity (Wildman–Crippen MR) is 95.8 cm³/mol. The van der Waals surface area contributed by atoms with Crippen molar-refractivity contribution in [2.75, 3.05) is 38.2 Å². The van der Waals surface area contributed by atoms with E-state index in [0.29, 0.717) is 11.5 Å². The second-order valence-electron chi connectivity index (χ2n) is 7.25. The Morgan fingerprint density at radius 3 is 2.64 bits per heavy atom. The van der Waals surface area contributed by atoms with Gasteiger partial charge < -0.3 is 4.90 Å². The highest BCUT2D eigenvalue weighted by Gasteiger charge is 2.35. The van der Waals surface area contributed by atoms with Gasteiger partial charge in [0.15, 0.2) is 9.84 Å². The summed E-state index contributed by atoms with van der Waals surface area (Å²) in [5, 5.41) is 4.17. The van der Waals surface area contributed by atoms with Crippen molar-refractivity contribution in [2.45, 2.75) is 38.3 Å². The van der Waals surface area contributed by atoms with E-state index in [1.807, 2.05) is 28.9 Å². The summed E-state index contributed by atoms with van der Waals surface area (Å²) in [7, 11) is -0.965. The first-order valence-corrected chi connectivity index (χ1v) is 10.9. The first kappa shape index (κ1) is 18.4. The predicted octanol–water partition coefficient (Wildman–Crippen LogP) is 0.631. The molecule has 2 aliphatic heterocycles. The molecule has 1 amide bonds. The van der Waals surface area contributed by atoms with Crippen molar-refractivity contribution < 1.29 is 13.2 Å². The van der Waals surface area contributed by atoms with Gasteiger partial charge in [-0.2, -0.15) is 5.10 Å². The van der Waals surface area contributed by atoms with Gasteiger partial charge in [-0.15, -0.1) is 0 Å². The molecule has 0 spiro atoms. The SMILES string of the molecule is CN(CCCn1cccn1)C(=O)C1CCN(C2CCS(=O)(=O)C2)CC1. The third kappa shape index (κ3) is 4.82. The van der Waals surface area contributed by atoms with Gasteiger partial charge in [0.2, 0.25) is 5.91 Å². The van der Waals surface area contributed by atoms with Crippen molar-refractivity contribution >= 4 is 15.7 Å². The van der Waals surface area contributed by atoms with E-state index in [4.69, 9.17) is 0 Å². The van der Waals surface area contributed by atoms with Crippen LogP contribution in [0, 0.1) is 5.92 Å². The van der Waals surface area contributed by atoms with Gasteiger partial charge in [-0.05, 0) is 44.8 Å². The number of nitrogens with zero attached hydrogens (tertiary/aromatic N) is 4. The van der Waals surface area contributed by atoms with Gasteiger partial charge in [0, 0.05) is 44.5 Å². The van der Waals surface area contributed by atoms with Crippen LogP contribution in [-0.4, -0.2) is 78.1 Å². The summed E-state index contributed by atoms with van der Waals surface area (Å²) < 4.78 is 25.2. The van der Waals surface area contributed by atoms with E-state index in [2.05, 4.69) is 10.00 Å². The van der Waals surface area contributed by atoms with E-state index in [0.717, 1.165) is 51.9 Å². The van der Waals surface area contributed by atoms with E-state index in [1.54, 1.807) is 6.20 Å². The number of aromatic nitrogens is 2. The fourth-order valence-electron chi connectivity index (χ4n) is 3.90. The molecule has 1 atom stereocenters. The lowest BCUT2D eigenvalue weighted by molar-refractivity contribution is -0.136. The van der Waals surface area contributed by atoms with Crippen molar-refractivity contribution in [1.82, 2.24) is 19.6 Å². The highest BCUT2D eigenvalue weighted by atomic mass is 32.2. The monoisotopic (exact) mass is 368 g/mol. The van der Waals surface area contributed by atoms with Gasteiger partial charge >= 0.3 is 0 Å². The molecule has 3 rings (SSSR count). The van der Waals surface area contributed by atoms with Gasteiger partial charge in [0.05, 0.1) is 11.5 Å². The second kappa shape index (κ2) is 7.86. The molecule has 0 aliphatic carbocycles. The molecule has 0 saturated carbocycles. The molecule has 8 heteroatoms. The minimum atomic E-state index is -2.84. The third-order valence-electron chi connectivity index (χ3n) is 5.42. The number of sulfone groups is 1. The Hall–Kier alpha value is -1.41. The average Bonchev–Trinajstić information content (AvgIpc) is 3.23. The first-order chi connectivity index (χ1) is 11.9. The van der Waals surface area contributed by atoms with Gasteiger partial charge in [0.1, 0.15) is 0 Å². The minimum Gasteiger partial charge on any atom is -0.345 e. The average molecular weight is 369 g/mol. The Morgan fingerprint density at radius 2 is 2.04 bits per heavy atom. The molecule has 140 valence electrons.